The third-order valence-corrected chi connectivity index (χ3v) is 5.05. The summed E-state index contributed by atoms with van der Waals surface area (Å²) in [6, 6.07) is 13.7. The van der Waals surface area contributed by atoms with E-state index in [1.165, 1.54) is 9.08 Å². The van der Waals surface area contributed by atoms with E-state index in [-0.39, 0.29) is 18.2 Å². The average molecular weight is 412 g/mol. The molecule has 31 heavy (non-hydrogen) atoms. The fourth-order valence-corrected chi connectivity index (χ4v) is 3.79. The van der Waals surface area contributed by atoms with Crippen molar-refractivity contribution in [2.45, 2.75) is 20.4 Å². The second-order valence-corrected chi connectivity index (χ2v) is 7.37. The highest BCUT2D eigenvalue weighted by molar-refractivity contribution is 5.90. The number of anilines is 1. The summed E-state index contributed by atoms with van der Waals surface area (Å²) in [5, 5.41) is 4.65. The number of pyridine rings is 1. The summed E-state index contributed by atoms with van der Waals surface area (Å²) in [4.78, 5) is 29.2. The monoisotopic (exact) mass is 412 g/mol. The molecule has 0 aliphatic heterocycles. The quantitative estimate of drug-likeness (QED) is 0.468. The summed E-state index contributed by atoms with van der Waals surface area (Å²) in [5.41, 5.74) is 12.0. The summed E-state index contributed by atoms with van der Waals surface area (Å²) >= 11 is 0. The third-order valence-electron chi connectivity index (χ3n) is 5.05. The normalized spacial score (nSPS) is 11.3. The molecule has 0 radical (unpaired) electrons. The van der Waals surface area contributed by atoms with Crippen molar-refractivity contribution < 1.29 is 0 Å². The molecule has 0 aliphatic carbocycles. The molecule has 9 nitrogen and oxygen atoms in total. The summed E-state index contributed by atoms with van der Waals surface area (Å²) < 4.78 is 2.71. The number of nitrogens with zero attached hydrogens (tertiary/aromatic N) is 6. The van der Waals surface area contributed by atoms with E-state index in [0.29, 0.717) is 11.3 Å². The molecule has 9 heteroatoms. The Labute approximate surface area is 177 Å². The molecule has 0 atom stereocenters. The summed E-state index contributed by atoms with van der Waals surface area (Å²) in [5.74, 6) is 0.0842. The zero-order chi connectivity index (χ0) is 21.5. The van der Waals surface area contributed by atoms with Crippen LogP contribution in [0.5, 0.6) is 0 Å². The van der Waals surface area contributed by atoms with Crippen LogP contribution in [0.15, 0.2) is 59.8 Å². The number of nitrogens with two attached hydrogens (primary N) is 1. The largest absolute Gasteiger partial charge is 0.369 e. The molecule has 1 aromatic carbocycles. The van der Waals surface area contributed by atoms with E-state index in [2.05, 4.69) is 25.0 Å². The molecular weight excluding hydrogens is 392 g/mol. The fourth-order valence-electron chi connectivity index (χ4n) is 3.79. The van der Waals surface area contributed by atoms with Gasteiger partial charge in [-0.05, 0) is 31.5 Å². The number of hydrogen-bond acceptors (Lipinski definition) is 6. The Morgan fingerprint density at radius 3 is 2.45 bits per heavy atom. The molecular formula is C22H20N8O. The molecule has 5 aromatic rings. The van der Waals surface area contributed by atoms with E-state index < -0.39 is 0 Å². The number of fused-ring (bicyclic) bond motifs is 1. The Kier molecular flexibility index (Phi) is 4.36. The highest BCUT2D eigenvalue weighted by atomic mass is 16.2. The Hall–Kier alpha value is -4.27. The lowest BCUT2D eigenvalue weighted by atomic mass is 9.99. The molecule has 3 N–H and O–H groups in total. The van der Waals surface area contributed by atoms with Gasteiger partial charge in [-0.25, -0.2) is 23.8 Å². The van der Waals surface area contributed by atoms with E-state index in [1.807, 2.05) is 56.3 Å². The van der Waals surface area contributed by atoms with Crippen molar-refractivity contribution in [1.82, 2.24) is 34.1 Å². The first kappa shape index (κ1) is 18.7. The van der Waals surface area contributed by atoms with Crippen LogP contribution in [-0.4, -0.2) is 34.1 Å². The highest BCUT2D eigenvalue weighted by Gasteiger charge is 2.22. The van der Waals surface area contributed by atoms with Crippen molar-refractivity contribution in [3.8, 4) is 22.4 Å². The van der Waals surface area contributed by atoms with Crippen LogP contribution in [0.4, 0.5) is 5.95 Å². The van der Waals surface area contributed by atoms with Gasteiger partial charge in [0.1, 0.15) is 0 Å². The Morgan fingerprint density at radius 2 is 1.77 bits per heavy atom. The predicted molar refractivity (Wildman–Crippen MR) is 117 cm³/mol. The number of hydrogen-bond donors (Lipinski definition) is 2. The Bertz CT molecular complexity index is 1430. The number of aromatic nitrogens is 7. The van der Waals surface area contributed by atoms with Crippen LogP contribution in [0, 0.1) is 13.8 Å². The smallest absolute Gasteiger partial charge is 0.353 e. The third kappa shape index (κ3) is 3.25. The minimum Gasteiger partial charge on any atom is -0.369 e. The maximum Gasteiger partial charge on any atom is 0.353 e. The number of nitrogen functional groups attached to an aromatic ring is 1. The summed E-state index contributed by atoms with van der Waals surface area (Å²) in [6.45, 7) is 4.11. The molecule has 0 fully saturated rings. The van der Waals surface area contributed by atoms with Gasteiger partial charge in [-0.2, -0.15) is 0 Å². The topological polar surface area (TPSA) is 120 Å². The molecule has 0 aliphatic rings. The number of rotatable bonds is 4. The molecule has 154 valence electrons. The van der Waals surface area contributed by atoms with Crippen molar-refractivity contribution in [2.75, 3.05) is 5.73 Å². The number of H-pyrrole nitrogens is 1. The second kappa shape index (κ2) is 7.21. The lowest BCUT2D eigenvalue weighted by Gasteiger charge is -2.13. The van der Waals surface area contributed by atoms with Crippen LogP contribution in [0.1, 0.15) is 17.1 Å². The molecule has 0 amide bonds. The van der Waals surface area contributed by atoms with Gasteiger partial charge in [0.25, 0.3) is 0 Å². The summed E-state index contributed by atoms with van der Waals surface area (Å²) in [7, 11) is 0. The van der Waals surface area contributed by atoms with Crippen LogP contribution in [0.3, 0.4) is 0 Å². The van der Waals surface area contributed by atoms with Crippen molar-refractivity contribution in [3.63, 3.8) is 0 Å². The first-order chi connectivity index (χ1) is 15.0. The average Bonchev–Trinajstić information content (AvgIpc) is 3.36. The van der Waals surface area contributed by atoms with Gasteiger partial charge in [-0.1, -0.05) is 30.3 Å². The SMILES string of the molecule is Cc1cc(-c2c(-c3ccccc3)nc(N)n3c(=O)n(Cc4cnc[nH]4)nc23)cc(C)n1. The molecule has 0 spiro atoms. The zero-order valence-corrected chi connectivity index (χ0v) is 17.1. The van der Waals surface area contributed by atoms with E-state index in [9.17, 15) is 4.79 Å². The van der Waals surface area contributed by atoms with Crippen LogP contribution in [0.25, 0.3) is 28.0 Å². The van der Waals surface area contributed by atoms with Crippen LogP contribution < -0.4 is 11.4 Å². The number of nitrogens with one attached hydrogen (secondary N) is 1. The number of aromatic amines is 1. The molecule has 0 unspecified atom stereocenters. The lowest BCUT2D eigenvalue weighted by molar-refractivity contribution is 0.649. The van der Waals surface area contributed by atoms with E-state index in [0.717, 1.165) is 33.8 Å². The van der Waals surface area contributed by atoms with Gasteiger partial charge >= 0.3 is 5.69 Å². The number of benzene rings is 1. The Balaban J connectivity index is 1.85. The zero-order valence-electron chi connectivity index (χ0n) is 17.1. The minimum absolute atomic E-state index is 0.0842. The van der Waals surface area contributed by atoms with Crippen LogP contribution >= 0.6 is 0 Å². The van der Waals surface area contributed by atoms with Crippen molar-refractivity contribution in [2.24, 2.45) is 0 Å². The summed E-state index contributed by atoms with van der Waals surface area (Å²) in [6.07, 6.45) is 3.22. The van der Waals surface area contributed by atoms with Gasteiger partial charge in [-0.15, -0.1) is 5.10 Å². The molecule has 4 aromatic heterocycles. The van der Waals surface area contributed by atoms with Gasteiger partial charge in [-0.3, -0.25) is 4.98 Å². The first-order valence-corrected chi connectivity index (χ1v) is 9.78. The predicted octanol–water partition coefficient (Wildman–Crippen LogP) is 2.59. The van der Waals surface area contributed by atoms with Crippen molar-refractivity contribution >= 4 is 11.6 Å². The minimum atomic E-state index is -0.363. The maximum absolute atomic E-state index is 13.1. The van der Waals surface area contributed by atoms with Gasteiger partial charge in [0.2, 0.25) is 5.95 Å². The molecule has 0 bridgehead atoms. The van der Waals surface area contributed by atoms with E-state index >= 15 is 0 Å². The van der Waals surface area contributed by atoms with Crippen molar-refractivity contribution in [1.29, 1.82) is 0 Å². The molecule has 4 heterocycles. The van der Waals surface area contributed by atoms with Crippen LogP contribution in [-0.2, 0) is 6.54 Å². The Morgan fingerprint density at radius 1 is 1.03 bits per heavy atom. The molecule has 0 saturated heterocycles. The van der Waals surface area contributed by atoms with Gasteiger partial charge < -0.3 is 10.7 Å². The fraction of sp³-hybridized carbons (Fsp3) is 0.136. The number of aryl methyl sites for hydroxylation is 2. The van der Waals surface area contributed by atoms with Gasteiger partial charge in [0.15, 0.2) is 5.65 Å². The molecule has 5 rings (SSSR count). The standard InChI is InChI=1S/C22H20N8O/c1-13-8-16(9-14(2)26-13)18-19(15-6-4-3-5-7-15)27-21(23)30-20(18)28-29(22(30)31)11-17-10-24-12-25-17/h3-10,12H,11H2,1-2H3,(H2,23,27)(H,24,25). The lowest BCUT2D eigenvalue weighted by Crippen LogP contribution is -2.23. The first-order valence-electron chi connectivity index (χ1n) is 9.78. The highest BCUT2D eigenvalue weighted by Crippen LogP contribution is 2.34. The van der Waals surface area contributed by atoms with Gasteiger partial charge in [0, 0.05) is 23.1 Å². The molecule has 0 saturated carbocycles. The maximum atomic E-state index is 13.1. The van der Waals surface area contributed by atoms with E-state index in [4.69, 9.17) is 5.73 Å². The van der Waals surface area contributed by atoms with Crippen LogP contribution in [0.2, 0.25) is 0 Å². The van der Waals surface area contributed by atoms with Gasteiger partial charge in [0.05, 0.1) is 29.8 Å². The second-order valence-electron chi connectivity index (χ2n) is 7.37. The number of imidazole rings is 1. The van der Waals surface area contributed by atoms with Crippen molar-refractivity contribution in [3.05, 3.63) is 82.6 Å². The van der Waals surface area contributed by atoms with E-state index in [1.54, 1.807) is 12.5 Å².